The van der Waals surface area contributed by atoms with Crippen molar-refractivity contribution < 1.29 is 13.2 Å². The first kappa shape index (κ1) is 20.8. The van der Waals surface area contributed by atoms with E-state index in [9.17, 15) is 13.2 Å². The van der Waals surface area contributed by atoms with Crippen molar-refractivity contribution in [1.82, 2.24) is 14.8 Å². The highest BCUT2D eigenvalue weighted by atomic mass is 32.2. The molecule has 1 atom stereocenters. The minimum atomic E-state index is -3.09. The molecule has 3 aromatic heterocycles. The van der Waals surface area contributed by atoms with Crippen LogP contribution in [-0.4, -0.2) is 40.6 Å². The van der Waals surface area contributed by atoms with Crippen molar-refractivity contribution in [2.75, 3.05) is 16.8 Å². The summed E-state index contributed by atoms with van der Waals surface area (Å²) in [4.78, 5) is 19.1. The van der Waals surface area contributed by atoms with Crippen LogP contribution in [0.4, 0.5) is 5.69 Å². The molecule has 0 radical (unpaired) electrons. The zero-order valence-electron chi connectivity index (χ0n) is 17.7. The summed E-state index contributed by atoms with van der Waals surface area (Å²) >= 11 is 1.54. The number of hydrogen-bond donors (Lipinski definition) is 1. The Bertz CT molecular complexity index is 1420. The van der Waals surface area contributed by atoms with Gasteiger partial charge in [-0.05, 0) is 49.9 Å². The number of hydrogen-bond acceptors (Lipinski definition) is 6. The number of fused-ring (bicyclic) bond motifs is 1. The number of thiophene rings is 1. The van der Waals surface area contributed by atoms with Gasteiger partial charge in [0.1, 0.15) is 0 Å². The van der Waals surface area contributed by atoms with E-state index >= 15 is 0 Å². The van der Waals surface area contributed by atoms with Gasteiger partial charge in [-0.2, -0.15) is 5.10 Å². The van der Waals surface area contributed by atoms with Gasteiger partial charge in [-0.3, -0.25) is 4.79 Å². The average molecular weight is 467 g/mol. The number of aryl methyl sites for hydroxylation is 2. The summed E-state index contributed by atoms with van der Waals surface area (Å²) in [6.45, 7) is 3.82. The second-order valence-electron chi connectivity index (χ2n) is 8.14. The lowest BCUT2D eigenvalue weighted by atomic mass is 10.1. The molecule has 4 aromatic rings. The predicted molar refractivity (Wildman–Crippen MR) is 127 cm³/mol. The van der Waals surface area contributed by atoms with E-state index in [0.29, 0.717) is 40.1 Å². The maximum Gasteiger partial charge on any atom is 0.256 e. The van der Waals surface area contributed by atoms with Gasteiger partial charge < -0.3 is 5.32 Å². The topological polar surface area (TPSA) is 93.9 Å². The second kappa shape index (κ2) is 7.83. The summed E-state index contributed by atoms with van der Waals surface area (Å²) in [5.74, 6) is -0.0663. The minimum absolute atomic E-state index is 0.0407. The molecule has 1 aromatic carbocycles. The number of aromatic nitrogens is 3. The van der Waals surface area contributed by atoms with Crippen LogP contribution in [0.15, 0.2) is 47.8 Å². The molecule has 9 heteroatoms. The molecule has 1 amide bonds. The Hall–Kier alpha value is -3.04. The molecular formula is C23H22N4O3S2. The molecule has 164 valence electrons. The van der Waals surface area contributed by atoms with Crippen molar-refractivity contribution in [2.45, 2.75) is 26.3 Å². The van der Waals surface area contributed by atoms with Gasteiger partial charge in [-0.25, -0.2) is 18.1 Å². The zero-order valence-corrected chi connectivity index (χ0v) is 19.3. The van der Waals surface area contributed by atoms with Crippen LogP contribution in [0.3, 0.4) is 0 Å². The normalized spacial score (nSPS) is 17.6. The van der Waals surface area contributed by atoms with Gasteiger partial charge >= 0.3 is 0 Å². The zero-order chi connectivity index (χ0) is 22.5. The summed E-state index contributed by atoms with van der Waals surface area (Å²) in [6.07, 6.45) is 0.494. The van der Waals surface area contributed by atoms with Crippen LogP contribution in [0.25, 0.3) is 21.6 Å². The smallest absolute Gasteiger partial charge is 0.256 e. The number of nitrogens with zero attached hydrogens (tertiary/aromatic N) is 3. The van der Waals surface area contributed by atoms with Gasteiger partial charge in [0.2, 0.25) is 0 Å². The average Bonchev–Trinajstić information content (AvgIpc) is 3.48. The third kappa shape index (κ3) is 3.82. The standard InChI is InChI=1S/C23H22N4O3S2/c1-14-5-7-16(8-6-14)24-23(28)18-12-19(20-4-3-10-31-20)25-22-21(18)15(2)26-27(22)17-9-11-32(29,30)13-17/h3-8,10,12,17H,9,11,13H2,1-2H3,(H,24,28). The van der Waals surface area contributed by atoms with E-state index in [-0.39, 0.29) is 23.5 Å². The summed E-state index contributed by atoms with van der Waals surface area (Å²) < 4.78 is 25.9. The third-order valence-corrected chi connectivity index (χ3v) is 8.36. The molecule has 1 aliphatic rings. The molecule has 1 fully saturated rings. The van der Waals surface area contributed by atoms with E-state index in [0.717, 1.165) is 10.4 Å². The molecule has 5 rings (SSSR count). The van der Waals surface area contributed by atoms with Crippen molar-refractivity contribution >= 4 is 43.8 Å². The number of anilines is 1. The van der Waals surface area contributed by atoms with E-state index in [1.54, 1.807) is 10.7 Å². The van der Waals surface area contributed by atoms with E-state index in [1.165, 1.54) is 11.3 Å². The molecule has 0 saturated carbocycles. The van der Waals surface area contributed by atoms with Gasteiger partial charge in [0.15, 0.2) is 15.5 Å². The molecule has 0 bridgehead atoms. The van der Waals surface area contributed by atoms with Crippen LogP contribution in [0, 0.1) is 13.8 Å². The fourth-order valence-electron chi connectivity index (χ4n) is 4.10. The van der Waals surface area contributed by atoms with Crippen molar-refractivity contribution in [2.24, 2.45) is 0 Å². The molecule has 4 heterocycles. The van der Waals surface area contributed by atoms with Crippen molar-refractivity contribution in [1.29, 1.82) is 0 Å². The fraction of sp³-hybridized carbons (Fsp3) is 0.261. The van der Waals surface area contributed by atoms with Crippen LogP contribution in [0.2, 0.25) is 0 Å². The van der Waals surface area contributed by atoms with Gasteiger partial charge in [0.05, 0.1) is 44.8 Å². The lowest BCUT2D eigenvalue weighted by Crippen LogP contribution is -2.15. The van der Waals surface area contributed by atoms with Gasteiger partial charge in [0, 0.05) is 5.69 Å². The molecule has 1 N–H and O–H groups in total. The SMILES string of the molecule is Cc1ccc(NC(=O)c2cc(-c3cccs3)nc3c2c(C)nn3C2CCS(=O)(=O)C2)cc1. The highest BCUT2D eigenvalue weighted by Crippen LogP contribution is 2.33. The van der Waals surface area contributed by atoms with Gasteiger partial charge in [-0.15, -0.1) is 11.3 Å². The first-order chi connectivity index (χ1) is 15.3. The number of amides is 1. The second-order valence-corrected chi connectivity index (χ2v) is 11.3. The van der Waals surface area contributed by atoms with Crippen LogP contribution in [-0.2, 0) is 9.84 Å². The molecule has 1 aliphatic heterocycles. The summed E-state index contributed by atoms with van der Waals surface area (Å²) in [7, 11) is -3.09. The predicted octanol–water partition coefficient (Wildman–Crippen LogP) is 4.39. The number of nitrogens with one attached hydrogen (secondary N) is 1. The monoisotopic (exact) mass is 466 g/mol. The van der Waals surface area contributed by atoms with E-state index in [4.69, 9.17) is 4.98 Å². The Balaban J connectivity index is 1.66. The highest BCUT2D eigenvalue weighted by Gasteiger charge is 2.32. The molecular weight excluding hydrogens is 444 g/mol. The minimum Gasteiger partial charge on any atom is -0.322 e. The van der Waals surface area contributed by atoms with Gasteiger partial charge in [0.25, 0.3) is 5.91 Å². The number of benzene rings is 1. The molecule has 0 aliphatic carbocycles. The quantitative estimate of drug-likeness (QED) is 0.481. The molecule has 1 saturated heterocycles. The largest absolute Gasteiger partial charge is 0.322 e. The number of rotatable bonds is 4. The first-order valence-corrected chi connectivity index (χ1v) is 13.0. The fourth-order valence-corrected chi connectivity index (χ4v) is 6.48. The van der Waals surface area contributed by atoms with Crippen LogP contribution in [0.1, 0.15) is 34.1 Å². The third-order valence-electron chi connectivity index (χ3n) is 5.72. The Labute approximate surface area is 190 Å². The lowest BCUT2D eigenvalue weighted by Gasteiger charge is -2.12. The van der Waals surface area contributed by atoms with Crippen molar-refractivity contribution in [3.05, 3.63) is 64.7 Å². The van der Waals surface area contributed by atoms with Crippen molar-refractivity contribution in [3.8, 4) is 10.6 Å². The number of pyridine rings is 1. The Morgan fingerprint density at radius 1 is 1.19 bits per heavy atom. The maximum absolute atomic E-state index is 13.4. The van der Waals surface area contributed by atoms with E-state index < -0.39 is 9.84 Å². The first-order valence-electron chi connectivity index (χ1n) is 10.3. The van der Waals surface area contributed by atoms with E-state index in [2.05, 4.69) is 10.4 Å². The van der Waals surface area contributed by atoms with Crippen LogP contribution in [0.5, 0.6) is 0 Å². The number of carbonyl (C=O) groups excluding carboxylic acids is 1. The van der Waals surface area contributed by atoms with Crippen LogP contribution < -0.4 is 5.32 Å². The molecule has 32 heavy (non-hydrogen) atoms. The molecule has 1 unspecified atom stereocenters. The summed E-state index contributed by atoms with van der Waals surface area (Å²) in [5, 5.41) is 10.2. The molecule has 7 nitrogen and oxygen atoms in total. The van der Waals surface area contributed by atoms with Crippen molar-refractivity contribution in [3.63, 3.8) is 0 Å². The van der Waals surface area contributed by atoms with E-state index in [1.807, 2.05) is 55.6 Å². The highest BCUT2D eigenvalue weighted by molar-refractivity contribution is 7.91. The number of carbonyl (C=O) groups is 1. The summed E-state index contributed by atoms with van der Waals surface area (Å²) in [5.41, 5.74) is 4.16. The van der Waals surface area contributed by atoms with Crippen LogP contribution >= 0.6 is 11.3 Å². The Morgan fingerprint density at radius 3 is 2.62 bits per heavy atom. The summed E-state index contributed by atoms with van der Waals surface area (Å²) in [6, 6.07) is 13.0. The Morgan fingerprint density at radius 2 is 1.97 bits per heavy atom. The molecule has 0 spiro atoms. The lowest BCUT2D eigenvalue weighted by molar-refractivity contribution is 0.102. The van der Waals surface area contributed by atoms with Gasteiger partial charge in [-0.1, -0.05) is 23.8 Å². The maximum atomic E-state index is 13.4. The number of sulfone groups is 1. The Kier molecular flexibility index (Phi) is 5.10.